The molecule has 0 aliphatic carbocycles. The van der Waals surface area contributed by atoms with Crippen molar-refractivity contribution in [3.63, 3.8) is 0 Å². The van der Waals surface area contributed by atoms with Crippen LogP contribution in [0.4, 0.5) is 10.1 Å². The van der Waals surface area contributed by atoms with Gasteiger partial charge in [0, 0.05) is 49.9 Å². The second kappa shape index (κ2) is 9.21. The summed E-state index contributed by atoms with van der Waals surface area (Å²) >= 11 is 1.59. The number of fused-ring (bicyclic) bond motifs is 1. The first-order chi connectivity index (χ1) is 16.9. The molecule has 0 spiro atoms. The average Bonchev–Trinajstić information content (AvgIpc) is 3.39. The van der Waals surface area contributed by atoms with Gasteiger partial charge in [0.1, 0.15) is 28.1 Å². The molecule has 1 saturated heterocycles. The van der Waals surface area contributed by atoms with E-state index in [1.165, 1.54) is 12.1 Å². The number of piperazine rings is 1. The molecule has 35 heavy (non-hydrogen) atoms. The standard InChI is InChI=1S/C26H25FN6OS/c1-16-15-33(25(26-29-10-11-35-26)18-4-6-19(27)7-5-18)17(2)14-32(16)22-12-23(34)31(3)21-9-8-20(13-28)30-24(21)22/h4-12,16-17,25H,14-15H2,1-3H3/t16-,17+,25?/m0/s1. The fourth-order valence-electron chi connectivity index (χ4n) is 4.93. The van der Waals surface area contributed by atoms with Gasteiger partial charge in [0.2, 0.25) is 0 Å². The van der Waals surface area contributed by atoms with Crippen molar-refractivity contribution in [2.75, 3.05) is 18.0 Å². The molecule has 5 rings (SSSR count). The van der Waals surface area contributed by atoms with E-state index in [2.05, 4.69) is 39.7 Å². The van der Waals surface area contributed by atoms with Gasteiger partial charge < -0.3 is 9.47 Å². The fourth-order valence-corrected chi connectivity index (χ4v) is 5.72. The molecule has 178 valence electrons. The fraction of sp³-hybridized carbons (Fsp3) is 0.308. The number of aryl methyl sites for hydroxylation is 1. The van der Waals surface area contributed by atoms with Crippen molar-refractivity contribution in [1.82, 2.24) is 19.4 Å². The minimum atomic E-state index is -0.264. The number of aromatic nitrogens is 3. The number of anilines is 1. The first kappa shape index (κ1) is 23.1. The van der Waals surface area contributed by atoms with Gasteiger partial charge in [0.05, 0.1) is 17.2 Å². The highest BCUT2D eigenvalue weighted by atomic mass is 32.1. The molecule has 0 amide bonds. The van der Waals surface area contributed by atoms with Crippen molar-refractivity contribution in [2.45, 2.75) is 32.0 Å². The number of nitriles is 1. The predicted molar refractivity (Wildman–Crippen MR) is 135 cm³/mol. The van der Waals surface area contributed by atoms with E-state index in [-0.39, 0.29) is 29.5 Å². The maximum Gasteiger partial charge on any atom is 0.252 e. The Bertz CT molecular complexity index is 1460. The zero-order chi connectivity index (χ0) is 24.7. The third-order valence-electron chi connectivity index (χ3n) is 6.73. The molecule has 1 unspecified atom stereocenters. The Morgan fingerprint density at radius 2 is 1.91 bits per heavy atom. The molecule has 0 bridgehead atoms. The van der Waals surface area contributed by atoms with Crippen molar-refractivity contribution in [1.29, 1.82) is 5.26 Å². The number of hydrogen-bond donors (Lipinski definition) is 0. The Balaban J connectivity index is 1.54. The second-order valence-corrected chi connectivity index (χ2v) is 9.90. The number of thiazole rings is 1. The van der Waals surface area contributed by atoms with E-state index in [9.17, 15) is 14.4 Å². The lowest BCUT2D eigenvalue weighted by Gasteiger charge is -2.48. The number of pyridine rings is 2. The van der Waals surface area contributed by atoms with E-state index in [1.54, 1.807) is 47.3 Å². The summed E-state index contributed by atoms with van der Waals surface area (Å²) in [6.07, 6.45) is 1.80. The van der Waals surface area contributed by atoms with Crippen molar-refractivity contribution in [2.24, 2.45) is 7.05 Å². The van der Waals surface area contributed by atoms with Crippen LogP contribution < -0.4 is 10.5 Å². The highest BCUT2D eigenvalue weighted by molar-refractivity contribution is 7.09. The number of nitrogens with zero attached hydrogens (tertiary/aromatic N) is 6. The Labute approximate surface area is 206 Å². The van der Waals surface area contributed by atoms with Crippen molar-refractivity contribution >= 4 is 28.1 Å². The molecule has 0 saturated carbocycles. The highest BCUT2D eigenvalue weighted by Crippen LogP contribution is 2.36. The summed E-state index contributed by atoms with van der Waals surface area (Å²) in [5.41, 5.74) is 3.28. The molecule has 7 nitrogen and oxygen atoms in total. The number of benzene rings is 1. The summed E-state index contributed by atoms with van der Waals surface area (Å²) in [5, 5.41) is 12.3. The molecule has 1 aliphatic rings. The summed E-state index contributed by atoms with van der Waals surface area (Å²) in [5.74, 6) is -0.264. The third kappa shape index (κ3) is 4.20. The summed E-state index contributed by atoms with van der Waals surface area (Å²) in [6, 6.07) is 13.8. The van der Waals surface area contributed by atoms with Crippen molar-refractivity contribution in [3.05, 3.63) is 86.5 Å². The minimum Gasteiger partial charge on any atom is -0.364 e. The lowest BCUT2D eigenvalue weighted by molar-refractivity contribution is 0.130. The van der Waals surface area contributed by atoms with Crippen LogP contribution in [0.15, 0.2) is 58.8 Å². The molecule has 3 aromatic heterocycles. The van der Waals surface area contributed by atoms with E-state index in [4.69, 9.17) is 0 Å². The van der Waals surface area contributed by atoms with Crippen LogP contribution in [0.3, 0.4) is 0 Å². The molecule has 0 radical (unpaired) electrons. The van der Waals surface area contributed by atoms with Crippen molar-refractivity contribution < 1.29 is 4.39 Å². The SMILES string of the molecule is C[C@@H]1CN(c2cc(=O)n(C)c3ccc(C#N)nc23)[C@@H](C)CN1C(c1ccc(F)cc1)c1nccs1. The molecule has 0 N–H and O–H groups in total. The number of hydrogen-bond acceptors (Lipinski definition) is 7. The van der Waals surface area contributed by atoms with E-state index >= 15 is 0 Å². The van der Waals surface area contributed by atoms with Crippen molar-refractivity contribution in [3.8, 4) is 6.07 Å². The average molecular weight is 489 g/mol. The predicted octanol–water partition coefficient (Wildman–Crippen LogP) is 4.09. The van der Waals surface area contributed by atoms with E-state index < -0.39 is 0 Å². The number of rotatable bonds is 4. The second-order valence-electron chi connectivity index (χ2n) is 8.97. The van der Waals surface area contributed by atoms with E-state index in [0.717, 1.165) is 16.3 Å². The number of halogens is 1. The molecule has 1 aromatic carbocycles. The lowest BCUT2D eigenvalue weighted by atomic mass is 9.99. The lowest BCUT2D eigenvalue weighted by Crippen LogP contribution is -2.57. The first-order valence-electron chi connectivity index (χ1n) is 11.5. The van der Waals surface area contributed by atoms with E-state index in [0.29, 0.717) is 29.8 Å². The summed E-state index contributed by atoms with van der Waals surface area (Å²) in [4.78, 5) is 26.5. The topological polar surface area (TPSA) is 78.0 Å². The molecule has 4 heterocycles. The zero-order valence-corrected chi connectivity index (χ0v) is 20.5. The minimum absolute atomic E-state index is 0.0527. The van der Waals surface area contributed by atoms with Crippen LogP contribution in [0.1, 0.15) is 36.2 Å². The van der Waals surface area contributed by atoms with Crippen LogP contribution in [0.2, 0.25) is 0 Å². The maximum atomic E-state index is 13.7. The van der Waals surface area contributed by atoms with Gasteiger partial charge in [-0.2, -0.15) is 5.26 Å². The largest absolute Gasteiger partial charge is 0.364 e. The normalized spacial score (nSPS) is 19.6. The molecule has 4 aromatic rings. The van der Waals surface area contributed by atoms with Crippen LogP contribution in [-0.2, 0) is 7.05 Å². The van der Waals surface area contributed by atoms with Crippen LogP contribution in [0, 0.1) is 17.1 Å². The monoisotopic (exact) mass is 488 g/mol. The van der Waals surface area contributed by atoms with Crippen LogP contribution in [0.5, 0.6) is 0 Å². The molecule has 1 aliphatic heterocycles. The van der Waals surface area contributed by atoms with Crippen LogP contribution >= 0.6 is 11.3 Å². The van der Waals surface area contributed by atoms with Gasteiger partial charge >= 0.3 is 0 Å². The van der Waals surface area contributed by atoms with Gasteiger partial charge in [0.25, 0.3) is 5.56 Å². The Morgan fingerprint density at radius 3 is 2.60 bits per heavy atom. The maximum absolute atomic E-state index is 13.7. The Morgan fingerprint density at radius 1 is 1.14 bits per heavy atom. The Hall–Kier alpha value is -3.61. The van der Waals surface area contributed by atoms with Gasteiger partial charge in [-0.3, -0.25) is 9.69 Å². The molecule has 3 atom stereocenters. The summed E-state index contributed by atoms with van der Waals surface area (Å²) in [6.45, 7) is 5.64. The summed E-state index contributed by atoms with van der Waals surface area (Å²) < 4.78 is 15.2. The smallest absolute Gasteiger partial charge is 0.252 e. The highest BCUT2D eigenvalue weighted by Gasteiger charge is 2.36. The van der Waals surface area contributed by atoms with Crippen LogP contribution in [0.25, 0.3) is 11.0 Å². The molecule has 9 heteroatoms. The van der Waals surface area contributed by atoms with Gasteiger partial charge in [-0.05, 0) is 43.7 Å². The molecular formula is C26H25FN6OS. The van der Waals surface area contributed by atoms with Gasteiger partial charge in [0.15, 0.2) is 0 Å². The first-order valence-corrected chi connectivity index (χ1v) is 12.3. The zero-order valence-electron chi connectivity index (χ0n) is 19.7. The quantitative estimate of drug-likeness (QED) is 0.431. The molecular weight excluding hydrogens is 463 g/mol. The van der Waals surface area contributed by atoms with Gasteiger partial charge in [-0.1, -0.05) is 12.1 Å². The summed E-state index contributed by atoms with van der Waals surface area (Å²) in [7, 11) is 1.72. The van der Waals surface area contributed by atoms with Gasteiger partial charge in [-0.15, -0.1) is 11.3 Å². The Kier molecular flexibility index (Phi) is 6.09. The van der Waals surface area contributed by atoms with Gasteiger partial charge in [-0.25, -0.2) is 14.4 Å². The molecule has 1 fully saturated rings. The van der Waals surface area contributed by atoms with Crippen LogP contribution in [-0.4, -0.2) is 44.6 Å². The third-order valence-corrected chi connectivity index (χ3v) is 7.56. The van der Waals surface area contributed by atoms with E-state index in [1.807, 2.05) is 17.5 Å².